The SMILES string of the molecule is CC1=C[C@H]2[C@@H]3C[C@@H]3[C@H]1n1c(=O)n(-c3ccccc3)c(=O)n12. The minimum atomic E-state index is -0.213. The Morgan fingerprint density at radius 3 is 2.48 bits per heavy atom. The number of nitrogens with zero attached hydrogens (tertiary/aromatic N) is 3. The monoisotopic (exact) mass is 281 g/mol. The molecule has 2 aliphatic carbocycles. The molecule has 1 aromatic heterocycles. The summed E-state index contributed by atoms with van der Waals surface area (Å²) in [5.74, 6) is 1.09. The van der Waals surface area contributed by atoms with Crippen molar-refractivity contribution in [3.63, 3.8) is 0 Å². The van der Waals surface area contributed by atoms with Gasteiger partial charge in [0.25, 0.3) is 0 Å². The average molecular weight is 281 g/mol. The zero-order valence-electron chi connectivity index (χ0n) is 11.6. The molecule has 1 aromatic carbocycles. The third-order valence-corrected chi connectivity index (χ3v) is 5.20. The van der Waals surface area contributed by atoms with Gasteiger partial charge in [0.1, 0.15) is 0 Å². The van der Waals surface area contributed by atoms with Gasteiger partial charge in [-0.3, -0.25) is 0 Å². The Morgan fingerprint density at radius 1 is 1.00 bits per heavy atom. The molecule has 5 nitrogen and oxygen atoms in total. The van der Waals surface area contributed by atoms with Crippen LogP contribution in [0.5, 0.6) is 0 Å². The molecule has 1 saturated carbocycles. The number of hydrogen-bond donors (Lipinski definition) is 0. The minimum absolute atomic E-state index is 0.0603. The second-order valence-corrected chi connectivity index (χ2v) is 6.33. The molecule has 0 saturated heterocycles. The van der Waals surface area contributed by atoms with Gasteiger partial charge < -0.3 is 0 Å². The lowest BCUT2D eigenvalue weighted by Gasteiger charge is -2.35. The molecule has 0 unspecified atom stereocenters. The average Bonchev–Trinajstić information content (AvgIpc) is 3.24. The standard InChI is InChI=1S/C16H15N3O2/c1-9-7-13-11-8-12(11)14(9)19-16(21)17(15(20)18(13)19)10-5-3-2-4-6-10/h2-7,11-14H,8H2,1H3/t11-,12+,13+,14+/m1/s1. The second-order valence-electron chi connectivity index (χ2n) is 6.33. The topological polar surface area (TPSA) is 48.9 Å². The van der Waals surface area contributed by atoms with Gasteiger partial charge in [0, 0.05) is 0 Å². The largest absolute Gasteiger partial charge is 0.352 e. The lowest BCUT2D eigenvalue weighted by molar-refractivity contribution is 0.230. The number of aromatic nitrogens is 3. The predicted octanol–water partition coefficient (Wildman–Crippen LogP) is 1.49. The molecule has 2 bridgehead atoms. The van der Waals surface area contributed by atoms with Crippen molar-refractivity contribution in [2.24, 2.45) is 11.8 Å². The minimum Gasteiger partial charge on any atom is -0.245 e. The van der Waals surface area contributed by atoms with Crippen LogP contribution < -0.4 is 11.4 Å². The lowest BCUT2D eigenvalue weighted by atomic mass is 9.90. The normalized spacial score (nSPS) is 31.6. The number of rotatable bonds is 1. The molecule has 4 atom stereocenters. The summed E-state index contributed by atoms with van der Waals surface area (Å²) in [6, 6.07) is 9.31. The Bertz CT molecular complexity index is 900. The summed E-state index contributed by atoms with van der Waals surface area (Å²) in [5, 5.41) is 0. The van der Waals surface area contributed by atoms with Crippen molar-refractivity contribution in [3.05, 3.63) is 62.9 Å². The first-order chi connectivity index (χ1) is 10.2. The van der Waals surface area contributed by atoms with E-state index in [0.29, 0.717) is 17.5 Å². The highest BCUT2D eigenvalue weighted by atomic mass is 16.2. The first kappa shape index (κ1) is 11.4. The van der Waals surface area contributed by atoms with Crippen molar-refractivity contribution < 1.29 is 0 Å². The van der Waals surface area contributed by atoms with Crippen LogP contribution in [0.15, 0.2) is 51.6 Å². The van der Waals surface area contributed by atoms with Crippen molar-refractivity contribution in [1.82, 2.24) is 13.9 Å². The molecule has 106 valence electrons. The van der Waals surface area contributed by atoms with Crippen LogP contribution in [0.2, 0.25) is 0 Å². The number of allylic oxidation sites excluding steroid dienone is 2. The van der Waals surface area contributed by atoms with Crippen LogP contribution in [0.3, 0.4) is 0 Å². The quantitative estimate of drug-likeness (QED) is 0.744. The van der Waals surface area contributed by atoms with Crippen LogP contribution in [-0.4, -0.2) is 13.9 Å². The summed E-state index contributed by atoms with van der Waals surface area (Å²) in [7, 11) is 0. The molecule has 6 rings (SSSR count). The molecule has 4 aliphatic rings. The van der Waals surface area contributed by atoms with Gasteiger partial charge in [0.15, 0.2) is 0 Å². The Hall–Kier alpha value is -2.30. The van der Waals surface area contributed by atoms with Gasteiger partial charge in [-0.2, -0.15) is 0 Å². The van der Waals surface area contributed by atoms with Crippen molar-refractivity contribution in [2.75, 3.05) is 0 Å². The molecule has 0 N–H and O–H groups in total. The van der Waals surface area contributed by atoms with E-state index in [9.17, 15) is 9.59 Å². The predicted molar refractivity (Wildman–Crippen MR) is 77.7 cm³/mol. The molecular formula is C16H15N3O2. The molecular weight excluding hydrogens is 266 g/mol. The molecule has 2 aliphatic heterocycles. The van der Waals surface area contributed by atoms with Gasteiger partial charge >= 0.3 is 11.4 Å². The van der Waals surface area contributed by atoms with E-state index in [-0.39, 0.29) is 23.5 Å². The van der Waals surface area contributed by atoms with Crippen molar-refractivity contribution in [3.8, 4) is 5.69 Å². The highest BCUT2D eigenvalue weighted by Gasteiger charge is 2.57. The fourth-order valence-corrected chi connectivity index (χ4v) is 4.24. The second kappa shape index (κ2) is 3.47. The Labute approximate surface area is 120 Å². The highest BCUT2D eigenvalue weighted by Crippen LogP contribution is 2.60. The van der Waals surface area contributed by atoms with E-state index < -0.39 is 0 Å². The fraction of sp³-hybridized carbons (Fsp3) is 0.375. The molecule has 0 amide bonds. The van der Waals surface area contributed by atoms with E-state index in [2.05, 4.69) is 13.0 Å². The summed E-state index contributed by atoms with van der Waals surface area (Å²) < 4.78 is 4.68. The van der Waals surface area contributed by atoms with Crippen LogP contribution in [0.25, 0.3) is 5.69 Å². The Balaban J connectivity index is 1.84. The third-order valence-electron chi connectivity index (χ3n) is 5.20. The molecule has 0 radical (unpaired) electrons. The summed E-state index contributed by atoms with van der Waals surface area (Å²) in [5.41, 5.74) is 1.45. The molecule has 2 aromatic rings. The van der Waals surface area contributed by atoms with Crippen molar-refractivity contribution >= 4 is 0 Å². The van der Waals surface area contributed by atoms with Crippen LogP contribution in [0.1, 0.15) is 25.4 Å². The van der Waals surface area contributed by atoms with Gasteiger partial charge in [-0.15, -0.1) is 0 Å². The van der Waals surface area contributed by atoms with Crippen LogP contribution >= 0.6 is 0 Å². The maximum absolute atomic E-state index is 12.8. The number of para-hydroxylation sites is 1. The number of hydrogen-bond acceptors (Lipinski definition) is 2. The Morgan fingerprint density at radius 2 is 1.71 bits per heavy atom. The van der Waals surface area contributed by atoms with Crippen LogP contribution in [-0.2, 0) is 0 Å². The van der Waals surface area contributed by atoms with Crippen LogP contribution in [0, 0.1) is 11.8 Å². The summed E-state index contributed by atoms with van der Waals surface area (Å²) in [6.07, 6.45) is 3.30. The first-order valence-electron chi connectivity index (χ1n) is 7.38. The summed E-state index contributed by atoms with van der Waals surface area (Å²) in [6.45, 7) is 2.08. The summed E-state index contributed by atoms with van der Waals surface area (Å²) >= 11 is 0. The molecule has 5 heteroatoms. The summed E-state index contributed by atoms with van der Waals surface area (Å²) in [4.78, 5) is 25.6. The van der Waals surface area contributed by atoms with Gasteiger partial charge in [-0.1, -0.05) is 29.8 Å². The first-order valence-corrected chi connectivity index (χ1v) is 7.38. The van der Waals surface area contributed by atoms with Gasteiger partial charge in [0.05, 0.1) is 17.8 Å². The molecule has 0 spiro atoms. The van der Waals surface area contributed by atoms with Gasteiger partial charge in [0.2, 0.25) is 0 Å². The van der Waals surface area contributed by atoms with E-state index in [1.807, 2.05) is 18.2 Å². The zero-order valence-corrected chi connectivity index (χ0v) is 11.6. The van der Waals surface area contributed by atoms with E-state index >= 15 is 0 Å². The van der Waals surface area contributed by atoms with Crippen molar-refractivity contribution in [1.29, 1.82) is 0 Å². The van der Waals surface area contributed by atoms with E-state index in [1.165, 1.54) is 10.1 Å². The highest BCUT2D eigenvalue weighted by molar-refractivity contribution is 5.33. The van der Waals surface area contributed by atoms with Gasteiger partial charge in [-0.05, 0) is 37.3 Å². The zero-order chi connectivity index (χ0) is 14.3. The molecule has 3 heterocycles. The molecule has 21 heavy (non-hydrogen) atoms. The smallest absolute Gasteiger partial charge is 0.245 e. The van der Waals surface area contributed by atoms with Crippen LogP contribution in [0.4, 0.5) is 0 Å². The van der Waals surface area contributed by atoms with Crippen molar-refractivity contribution in [2.45, 2.75) is 25.4 Å². The van der Waals surface area contributed by atoms with E-state index in [4.69, 9.17) is 0 Å². The maximum atomic E-state index is 12.8. The lowest BCUT2D eigenvalue weighted by Crippen LogP contribution is -2.42. The fourth-order valence-electron chi connectivity index (χ4n) is 4.24. The third kappa shape index (κ3) is 1.22. The maximum Gasteiger partial charge on any atom is 0.352 e. The van der Waals surface area contributed by atoms with Gasteiger partial charge in [-0.25, -0.2) is 23.5 Å². The van der Waals surface area contributed by atoms with E-state index in [0.717, 1.165) is 6.42 Å². The number of benzene rings is 1. The van der Waals surface area contributed by atoms with E-state index in [1.54, 1.807) is 21.5 Å². The Kier molecular flexibility index (Phi) is 1.88. The molecule has 1 fully saturated rings.